The zero-order valence-electron chi connectivity index (χ0n) is 16.4. The van der Waals surface area contributed by atoms with Crippen LogP contribution in [0.3, 0.4) is 0 Å². The van der Waals surface area contributed by atoms with Crippen molar-refractivity contribution in [2.45, 2.75) is 38.1 Å². The van der Waals surface area contributed by atoms with Crippen LogP contribution in [0.5, 0.6) is 11.5 Å². The van der Waals surface area contributed by atoms with Gasteiger partial charge in [-0.1, -0.05) is 30.0 Å². The van der Waals surface area contributed by atoms with Crippen molar-refractivity contribution in [3.8, 4) is 11.5 Å². The van der Waals surface area contributed by atoms with E-state index in [-0.39, 0.29) is 11.2 Å². The maximum absolute atomic E-state index is 12.5. The molecule has 5 nitrogen and oxygen atoms in total. The van der Waals surface area contributed by atoms with E-state index >= 15 is 0 Å². The Morgan fingerprint density at radius 2 is 1.50 bits per heavy atom. The van der Waals surface area contributed by atoms with Crippen LogP contribution < -0.4 is 10.1 Å². The number of rotatable bonds is 6. The number of hydrogen-bond acceptors (Lipinski definition) is 5. The van der Waals surface area contributed by atoms with Crippen LogP contribution >= 0.6 is 11.8 Å². The van der Waals surface area contributed by atoms with E-state index in [1.807, 2.05) is 82.3 Å². The highest BCUT2D eigenvalue weighted by molar-refractivity contribution is 8.00. The normalized spacial score (nSPS) is 11.7. The Balaban J connectivity index is 1.59. The molecular formula is C22H23N3O2S. The average Bonchev–Trinajstić information content (AvgIpc) is 2.68. The highest BCUT2D eigenvalue weighted by atomic mass is 32.2. The van der Waals surface area contributed by atoms with Crippen LogP contribution in [0.25, 0.3) is 0 Å². The topological polar surface area (TPSA) is 64.1 Å². The lowest BCUT2D eigenvalue weighted by atomic mass is 10.2. The standard InChI is InChI=1S/C22H23N3O2S/c1-14-15(2)23-22(24-16(14)3)28-17(4)21(26)25-18-10-12-20(13-11-18)27-19-8-6-5-7-9-19/h5-13,17H,1-4H3,(H,25,26)/t17-/m1/s1. The second-order valence-electron chi connectivity index (χ2n) is 6.49. The number of nitrogens with zero attached hydrogens (tertiary/aromatic N) is 2. The molecule has 2 aromatic carbocycles. The van der Waals surface area contributed by atoms with Crippen LogP contribution in [0.15, 0.2) is 59.8 Å². The van der Waals surface area contributed by atoms with Gasteiger partial charge in [-0.05, 0) is 69.7 Å². The van der Waals surface area contributed by atoms with Crippen molar-refractivity contribution in [2.24, 2.45) is 0 Å². The summed E-state index contributed by atoms with van der Waals surface area (Å²) in [6.45, 7) is 7.76. The molecule has 0 saturated heterocycles. The molecule has 0 fully saturated rings. The number of carbonyl (C=O) groups excluding carboxylic acids is 1. The van der Waals surface area contributed by atoms with Crippen molar-refractivity contribution in [3.63, 3.8) is 0 Å². The lowest BCUT2D eigenvalue weighted by Crippen LogP contribution is -2.22. The molecule has 1 aromatic heterocycles. The first kappa shape index (κ1) is 19.9. The number of aryl methyl sites for hydroxylation is 2. The summed E-state index contributed by atoms with van der Waals surface area (Å²) < 4.78 is 5.76. The minimum atomic E-state index is -0.318. The van der Waals surface area contributed by atoms with Gasteiger partial charge in [0.05, 0.1) is 5.25 Å². The lowest BCUT2D eigenvalue weighted by Gasteiger charge is -2.13. The van der Waals surface area contributed by atoms with Gasteiger partial charge in [-0.25, -0.2) is 9.97 Å². The highest BCUT2D eigenvalue weighted by Crippen LogP contribution is 2.25. The maximum atomic E-state index is 12.5. The van der Waals surface area contributed by atoms with E-state index in [2.05, 4.69) is 15.3 Å². The average molecular weight is 394 g/mol. The molecule has 1 N–H and O–H groups in total. The summed E-state index contributed by atoms with van der Waals surface area (Å²) in [6.07, 6.45) is 0. The fourth-order valence-corrected chi connectivity index (χ4v) is 3.34. The number of para-hydroxylation sites is 1. The van der Waals surface area contributed by atoms with Gasteiger partial charge in [0.1, 0.15) is 11.5 Å². The molecule has 3 aromatic rings. The Labute approximate surface area is 169 Å². The molecule has 0 aliphatic carbocycles. The number of nitrogens with one attached hydrogen (secondary N) is 1. The van der Waals surface area contributed by atoms with Gasteiger partial charge in [0, 0.05) is 17.1 Å². The summed E-state index contributed by atoms with van der Waals surface area (Å²) in [5.41, 5.74) is 3.68. The fraction of sp³-hybridized carbons (Fsp3) is 0.227. The smallest absolute Gasteiger partial charge is 0.237 e. The van der Waals surface area contributed by atoms with Crippen LogP contribution in [0, 0.1) is 20.8 Å². The highest BCUT2D eigenvalue weighted by Gasteiger charge is 2.17. The van der Waals surface area contributed by atoms with Gasteiger partial charge in [-0.2, -0.15) is 0 Å². The van der Waals surface area contributed by atoms with Gasteiger partial charge in [0.15, 0.2) is 5.16 Å². The van der Waals surface area contributed by atoms with Crippen molar-refractivity contribution in [1.29, 1.82) is 0 Å². The molecule has 144 valence electrons. The Bertz CT molecular complexity index is 936. The van der Waals surface area contributed by atoms with Crippen molar-refractivity contribution in [1.82, 2.24) is 9.97 Å². The summed E-state index contributed by atoms with van der Waals surface area (Å²) in [7, 11) is 0. The zero-order valence-corrected chi connectivity index (χ0v) is 17.2. The monoisotopic (exact) mass is 393 g/mol. The third kappa shape index (κ3) is 5.10. The third-order valence-electron chi connectivity index (χ3n) is 4.36. The van der Waals surface area contributed by atoms with Crippen LogP contribution in [0.2, 0.25) is 0 Å². The first-order valence-electron chi connectivity index (χ1n) is 9.04. The summed E-state index contributed by atoms with van der Waals surface area (Å²) in [5, 5.41) is 3.23. The minimum Gasteiger partial charge on any atom is -0.457 e. The second kappa shape index (κ2) is 8.89. The molecule has 0 aliphatic heterocycles. The molecule has 0 bridgehead atoms. The van der Waals surface area contributed by atoms with E-state index < -0.39 is 0 Å². The maximum Gasteiger partial charge on any atom is 0.237 e. The molecule has 0 unspecified atom stereocenters. The molecule has 6 heteroatoms. The van der Waals surface area contributed by atoms with E-state index in [1.54, 1.807) is 0 Å². The van der Waals surface area contributed by atoms with E-state index in [0.29, 0.717) is 10.9 Å². The van der Waals surface area contributed by atoms with Crippen LogP contribution in [0.1, 0.15) is 23.9 Å². The molecule has 3 rings (SSSR count). The van der Waals surface area contributed by atoms with Gasteiger partial charge in [-0.3, -0.25) is 4.79 Å². The van der Waals surface area contributed by atoms with Crippen molar-refractivity contribution < 1.29 is 9.53 Å². The fourth-order valence-electron chi connectivity index (χ4n) is 2.48. The Kier molecular flexibility index (Phi) is 6.31. The van der Waals surface area contributed by atoms with Gasteiger partial charge in [0.2, 0.25) is 5.91 Å². The SMILES string of the molecule is Cc1nc(S[C@H](C)C(=O)Nc2ccc(Oc3ccccc3)cc2)nc(C)c1C. The predicted octanol–water partition coefficient (Wildman–Crippen LogP) is 5.31. The zero-order chi connectivity index (χ0) is 20.1. The molecule has 0 aliphatic rings. The third-order valence-corrected chi connectivity index (χ3v) is 5.33. The second-order valence-corrected chi connectivity index (χ2v) is 7.80. The van der Waals surface area contributed by atoms with Gasteiger partial charge >= 0.3 is 0 Å². The first-order chi connectivity index (χ1) is 13.4. The molecule has 0 radical (unpaired) electrons. The first-order valence-corrected chi connectivity index (χ1v) is 9.92. The van der Waals surface area contributed by atoms with E-state index in [4.69, 9.17) is 4.74 Å². The summed E-state index contributed by atoms with van der Waals surface area (Å²) in [5.74, 6) is 1.39. The number of aromatic nitrogens is 2. The number of thioether (sulfide) groups is 1. The number of ether oxygens (including phenoxy) is 1. The number of carbonyl (C=O) groups is 1. The van der Waals surface area contributed by atoms with Gasteiger partial charge < -0.3 is 10.1 Å². The largest absolute Gasteiger partial charge is 0.457 e. The number of amides is 1. The van der Waals surface area contributed by atoms with Crippen molar-refractivity contribution in [2.75, 3.05) is 5.32 Å². The Morgan fingerprint density at radius 3 is 2.11 bits per heavy atom. The predicted molar refractivity (Wildman–Crippen MR) is 113 cm³/mol. The summed E-state index contributed by atoms with van der Waals surface area (Å²) >= 11 is 1.35. The van der Waals surface area contributed by atoms with Crippen molar-refractivity contribution >= 4 is 23.4 Å². The molecule has 1 heterocycles. The Morgan fingerprint density at radius 1 is 0.929 bits per heavy atom. The quantitative estimate of drug-likeness (QED) is 0.454. The number of anilines is 1. The number of hydrogen-bond donors (Lipinski definition) is 1. The van der Waals surface area contributed by atoms with Crippen LogP contribution in [-0.2, 0) is 4.79 Å². The summed E-state index contributed by atoms with van der Waals surface area (Å²) in [6, 6.07) is 16.9. The molecule has 0 saturated carbocycles. The number of benzene rings is 2. The van der Waals surface area contributed by atoms with Gasteiger partial charge in [0.25, 0.3) is 0 Å². The van der Waals surface area contributed by atoms with Gasteiger partial charge in [-0.15, -0.1) is 0 Å². The summed E-state index contributed by atoms with van der Waals surface area (Å²) in [4.78, 5) is 21.5. The molecule has 1 amide bonds. The Hall–Kier alpha value is -2.86. The molecule has 0 spiro atoms. The minimum absolute atomic E-state index is 0.0961. The van der Waals surface area contributed by atoms with E-state index in [1.165, 1.54) is 11.8 Å². The molecular weight excluding hydrogens is 370 g/mol. The van der Waals surface area contributed by atoms with Crippen LogP contribution in [-0.4, -0.2) is 21.1 Å². The lowest BCUT2D eigenvalue weighted by molar-refractivity contribution is -0.115. The molecule has 28 heavy (non-hydrogen) atoms. The molecule has 1 atom stereocenters. The van der Waals surface area contributed by atoms with Crippen molar-refractivity contribution in [3.05, 3.63) is 71.5 Å². The van der Waals surface area contributed by atoms with Crippen LogP contribution in [0.4, 0.5) is 5.69 Å². The van der Waals surface area contributed by atoms with E-state index in [9.17, 15) is 4.79 Å². The van der Waals surface area contributed by atoms with E-state index in [0.717, 1.165) is 28.4 Å².